The van der Waals surface area contributed by atoms with Crippen LogP contribution in [0.4, 0.5) is 4.79 Å². The molecule has 0 saturated carbocycles. The summed E-state index contributed by atoms with van der Waals surface area (Å²) < 4.78 is 5.81. The summed E-state index contributed by atoms with van der Waals surface area (Å²) in [6.45, 7) is 5.17. The Hall–Kier alpha value is -1.88. The van der Waals surface area contributed by atoms with Gasteiger partial charge in [0, 0.05) is 0 Å². The van der Waals surface area contributed by atoms with Crippen molar-refractivity contribution in [1.29, 1.82) is 0 Å². The van der Waals surface area contributed by atoms with Crippen LogP contribution in [0, 0.1) is 5.92 Å². The number of amides is 3. The lowest BCUT2D eigenvalue weighted by molar-refractivity contribution is -0.137. The molecule has 1 aromatic rings. The highest BCUT2D eigenvalue weighted by Crippen LogP contribution is 2.18. The summed E-state index contributed by atoms with van der Waals surface area (Å²) >= 11 is 0. The van der Waals surface area contributed by atoms with Crippen molar-refractivity contribution in [2.24, 2.45) is 5.92 Å². The second-order valence-electron chi connectivity index (χ2n) is 6.01. The minimum absolute atomic E-state index is 0.365. The summed E-state index contributed by atoms with van der Waals surface area (Å²) in [6.07, 6.45) is 3.60. The Balaban J connectivity index is 1.96. The van der Waals surface area contributed by atoms with Crippen molar-refractivity contribution in [2.75, 3.05) is 6.61 Å². The van der Waals surface area contributed by atoms with Crippen molar-refractivity contribution < 1.29 is 14.3 Å². The average molecular weight is 318 g/mol. The van der Waals surface area contributed by atoms with E-state index in [2.05, 4.69) is 19.2 Å². The third kappa shape index (κ3) is 4.79. The summed E-state index contributed by atoms with van der Waals surface area (Å²) in [4.78, 5) is 25.5. The van der Waals surface area contributed by atoms with Crippen molar-refractivity contribution in [3.63, 3.8) is 0 Å². The Morgan fingerprint density at radius 1 is 1.22 bits per heavy atom. The molecule has 1 fully saturated rings. The molecule has 1 aromatic carbocycles. The summed E-state index contributed by atoms with van der Waals surface area (Å²) in [5.41, 5.74) is 0.976. The summed E-state index contributed by atoms with van der Waals surface area (Å²) in [7, 11) is 0. The fourth-order valence-corrected chi connectivity index (χ4v) is 2.71. The number of urea groups is 1. The van der Waals surface area contributed by atoms with Gasteiger partial charge in [0.2, 0.25) is 6.23 Å². The lowest BCUT2D eigenvalue weighted by atomic mass is 10.0. The van der Waals surface area contributed by atoms with Gasteiger partial charge in [-0.05, 0) is 17.9 Å². The smallest absolute Gasteiger partial charge is 0.326 e. The lowest BCUT2D eigenvalue weighted by Gasteiger charge is -2.24. The number of hydrogen-bond donors (Lipinski definition) is 1. The van der Waals surface area contributed by atoms with E-state index in [1.165, 1.54) is 4.90 Å². The van der Waals surface area contributed by atoms with Crippen LogP contribution < -0.4 is 5.32 Å². The minimum Gasteiger partial charge on any atom is -0.349 e. The summed E-state index contributed by atoms with van der Waals surface area (Å²) in [5, 5.41) is 2.35. The van der Waals surface area contributed by atoms with Crippen LogP contribution in [0.1, 0.15) is 45.1 Å². The second-order valence-corrected chi connectivity index (χ2v) is 6.01. The minimum atomic E-state index is -0.821. The van der Waals surface area contributed by atoms with Gasteiger partial charge in [-0.2, -0.15) is 0 Å². The van der Waals surface area contributed by atoms with E-state index in [1.54, 1.807) is 0 Å². The van der Waals surface area contributed by atoms with E-state index in [-0.39, 0.29) is 11.9 Å². The van der Waals surface area contributed by atoms with Gasteiger partial charge in [0.05, 0.1) is 13.2 Å². The quantitative estimate of drug-likeness (QED) is 0.711. The van der Waals surface area contributed by atoms with Gasteiger partial charge in [0.1, 0.15) is 0 Å². The molecule has 0 aliphatic carbocycles. The van der Waals surface area contributed by atoms with Gasteiger partial charge in [0.15, 0.2) is 0 Å². The maximum atomic E-state index is 12.0. The number of nitrogens with zero attached hydrogens (tertiary/aromatic N) is 1. The van der Waals surface area contributed by atoms with E-state index in [1.807, 2.05) is 30.3 Å². The molecule has 1 N–H and O–H groups in total. The molecule has 126 valence electrons. The maximum absolute atomic E-state index is 12.0. The molecule has 3 amide bonds. The predicted octanol–water partition coefficient (Wildman–Crippen LogP) is 3.30. The molecule has 2 atom stereocenters. The van der Waals surface area contributed by atoms with Crippen LogP contribution in [0.5, 0.6) is 0 Å². The molecule has 1 heterocycles. The number of carbonyl (C=O) groups is 2. The van der Waals surface area contributed by atoms with E-state index in [0.29, 0.717) is 19.1 Å². The first-order valence-corrected chi connectivity index (χ1v) is 8.42. The molecule has 2 unspecified atom stereocenters. The largest absolute Gasteiger partial charge is 0.349 e. The second kappa shape index (κ2) is 8.67. The molecule has 0 bridgehead atoms. The molecule has 5 heteroatoms. The molecular weight excluding hydrogens is 292 g/mol. The molecule has 0 aromatic heterocycles. The van der Waals surface area contributed by atoms with Crippen LogP contribution in [0.2, 0.25) is 0 Å². The average Bonchev–Trinajstić information content (AvgIpc) is 2.82. The van der Waals surface area contributed by atoms with Crippen molar-refractivity contribution in [3.8, 4) is 0 Å². The van der Waals surface area contributed by atoms with Crippen LogP contribution in [0.15, 0.2) is 30.3 Å². The van der Waals surface area contributed by atoms with Gasteiger partial charge in [-0.15, -0.1) is 0 Å². The molecule has 2 rings (SSSR count). The SMILES string of the molecule is CCCCC(CC)COC1C(=O)NC(=O)N1Cc1ccccc1. The number of imide groups is 1. The Bertz CT molecular complexity index is 518. The van der Waals surface area contributed by atoms with E-state index in [9.17, 15) is 9.59 Å². The number of benzene rings is 1. The molecule has 0 radical (unpaired) electrons. The van der Waals surface area contributed by atoms with Crippen LogP contribution >= 0.6 is 0 Å². The van der Waals surface area contributed by atoms with Gasteiger partial charge in [-0.1, -0.05) is 63.4 Å². The highest BCUT2D eigenvalue weighted by molar-refractivity contribution is 6.03. The zero-order valence-corrected chi connectivity index (χ0v) is 14.0. The van der Waals surface area contributed by atoms with Crippen molar-refractivity contribution in [1.82, 2.24) is 10.2 Å². The van der Waals surface area contributed by atoms with Gasteiger partial charge in [-0.25, -0.2) is 4.79 Å². The number of carbonyl (C=O) groups excluding carboxylic acids is 2. The summed E-state index contributed by atoms with van der Waals surface area (Å²) in [5.74, 6) is 0.0632. The zero-order chi connectivity index (χ0) is 16.7. The summed E-state index contributed by atoms with van der Waals surface area (Å²) in [6, 6.07) is 9.24. The molecule has 5 nitrogen and oxygen atoms in total. The fraction of sp³-hybridized carbons (Fsp3) is 0.556. The fourth-order valence-electron chi connectivity index (χ4n) is 2.71. The van der Waals surface area contributed by atoms with Gasteiger partial charge >= 0.3 is 6.03 Å². The molecule has 1 saturated heterocycles. The van der Waals surface area contributed by atoms with Gasteiger partial charge < -0.3 is 4.74 Å². The normalized spacial score (nSPS) is 19.0. The standard InChI is InChI=1S/C18H26N2O3/c1-3-5-9-14(4-2)13-23-17-16(21)19-18(22)20(17)12-15-10-7-6-8-11-15/h6-8,10-11,14,17H,3-5,9,12-13H2,1-2H3,(H,19,21,22). The van der Waals surface area contributed by atoms with Crippen molar-refractivity contribution in [3.05, 3.63) is 35.9 Å². The molecule has 1 aliphatic rings. The van der Waals surface area contributed by atoms with E-state index in [0.717, 1.165) is 31.2 Å². The first kappa shape index (κ1) is 17.5. The van der Waals surface area contributed by atoms with E-state index >= 15 is 0 Å². The topological polar surface area (TPSA) is 58.6 Å². The Kier molecular flexibility index (Phi) is 6.59. The van der Waals surface area contributed by atoms with E-state index < -0.39 is 6.23 Å². The van der Waals surface area contributed by atoms with Crippen LogP contribution in [-0.2, 0) is 16.1 Å². The third-order valence-corrected chi connectivity index (χ3v) is 4.23. The predicted molar refractivity (Wildman–Crippen MR) is 88.6 cm³/mol. The molecule has 0 spiro atoms. The van der Waals surface area contributed by atoms with Crippen molar-refractivity contribution in [2.45, 2.75) is 52.3 Å². The Morgan fingerprint density at radius 2 is 1.96 bits per heavy atom. The number of hydrogen-bond acceptors (Lipinski definition) is 3. The number of ether oxygens (including phenoxy) is 1. The van der Waals surface area contributed by atoms with Crippen LogP contribution in [0.3, 0.4) is 0 Å². The van der Waals surface area contributed by atoms with Gasteiger partial charge in [-0.3, -0.25) is 15.0 Å². The zero-order valence-electron chi connectivity index (χ0n) is 14.0. The first-order chi connectivity index (χ1) is 11.2. The Labute approximate surface area is 138 Å². The molecule has 1 aliphatic heterocycles. The molecule has 23 heavy (non-hydrogen) atoms. The monoisotopic (exact) mass is 318 g/mol. The van der Waals surface area contributed by atoms with Gasteiger partial charge in [0.25, 0.3) is 5.91 Å². The maximum Gasteiger partial charge on any atom is 0.326 e. The first-order valence-electron chi connectivity index (χ1n) is 8.42. The highest BCUT2D eigenvalue weighted by Gasteiger charge is 2.39. The van der Waals surface area contributed by atoms with E-state index in [4.69, 9.17) is 4.74 Å². The van der Waals surface area contributed by atoms with Crippen molar-refractivity contribution >= 4 is 11.9 Å². The molecular formula is C18H26N2O3. The highest BCUT2D eigenvalue weighted by atomic mass is 16.5. The lowest BCUT2D eigenvalue weighted by Crippen LogP contribution is -2.37. The third-order valence-electron chi connectivity index (χ3n) is 4.23. The van der Waals surface area contributed by atoms with Crippen LogP contribution in [0.25, 0.3) is 0 Å². The number of rotatable bonds is 9. The number of unbranched alkanes of at least 4 members (excludes halogenated alkanes) is 1. The number of nitrogens with one attached hydrogen (secondary N) is 1. The Morgan fingerprint density at radius 3 is 2.61 bits per heavy atom. The van der Waals surface area contributed by atoms with Crippen LogP contribution in [-0.4, -0.2) is 29.7 Å².